The van der Waals surface area contributed by atoms with Crippen LogP contribution in [0.2, 0.25) is 5.02 Å². The summed E-state index contributed by atoms with van der Waals surface area (Å²) in [6.45, 7) is 5.86. The van der Waals surface area contributed by atoms with Gasteiger partial charge in [-0.25, -0.2) is 0 Å². The summed E-state index contributed by atoms with van der Waals surface area (Å²) in [5.41, 5.74) is 2.05. The van der Waals surface area contributed by atoms with E-state index in [-0.39, 0.29) is 11.9 Å². The van der Waals surface area contributed by atoms with Crippen molar-refractivity contribution in [3.63, 3.8) is 0 Å². The molecule has 1 aliphatic heterocycles. The van der Waals surface area contributed by atoms with Crippen molar-refractivity contribution in [3.05, 3.63) is 59.6 Å². The van der Waals surface area contributed by atoms with Gasteiger partial charge in [-0.1, -0.05) is 29.8 Å². The van der Waals surface area contributed by atoms with Crippen molar-refractivity contribution in [3.8, 4) is 0 Å². The third-order valence-corrected chi connectivity index (χ3v) is 4.90. The number of piperazine rings is 1. The number of hydrogen-bond donors (Lipinski definition) is 2. The monoisotopic (exact) mass is 344 g/mol. The lowest BCUT2D eigenvalue weighted by Crippen LogP contribution is -3.19. The summed E-state index contributed by atoms with van der Waals surface area (Å²) in [5, 5.41) is 3.65. The number of benzene rings is 2. The molecular formula is C19H23ClN3O+. The van der Waals surface area contributed by atoms with Gasteiger partial charge in [0.05, 0.1) is 26.2 Å². The third-order valence-electron chi connectivity index (χ3n) is 4.64. The van der Waals surface area contributed by atoms with Gasteiger partial charge >= 0.3 is 0 Å². The first-order chi connectivity index (χ1) is 11.6. The minimum Gasteiger partial charge on any atom is -0.360 e. The standard InChI is InChI=1S/C19H22ClN3O/c1-15(19(24)21-17-9-7-16(20)8-10-17)22-11-13-23(14-12-22)18-5-3-2-4-6-18/h2-10,15H,11-14H2,1H3,(H,21,24)/p+1/t15-/m1/s1. The van der Waals surface area contributed by atoms with Crippen molar-refractivity contribution in [2.75, 3.05) is 36.4 Å². The first-order valence-corrected chi connectivity index (χ1v) is 8.72. The summed E-state index contributed by atoms with van der Waals surface area (Å²) in [4.78, 5) is 16.2. The van der Waals surface area contributed by atoms with Gasteiger partial charge in [0, 0.05) is 16.4 Å². The van der Waals surface area contributed by atoms with Crippen LogP contribution in [0.1, 0.15) is 6.92 Å². The van der Waals surface area contributed by atoms with Gasteiger partial charge in [-0.15, -0.1) is 0 Å². The lowest BCUT2D eigenvalue weighted by atomic mass is 10.2. The van der Waals surface area contributed by atoms with Gasteiger partial charge in [-0.05, 0) is 43.3 Å². The summed E-state index contributed by atoms with van der Waals surface area (Å²) >= 11 is 5.88. The number of para-hydroxylation sites is 1. The third kappa shape index (κ3) is 4.08. The van der Waals surface area contributed by atoms with Gasteiger partial charge in [0.2, 0.25) is 0 Å². The molecule has 2 aromatic rings. The molecule has 1 saturated heterocycles. The zero-order valence-corrected chi connectivity index (χ0v) is 14.6. The first-order valence-electron chi connectivity index (χ1n) is 8.34. The van der Waals surface area contributed by atoms with Gasteiger partial charge < -0.3 is 15.1 Å². The van der Waals surface area contributed by atoms with E-state index in [4.69, 9.17) is 11.6 Å². The molecule has 126 valence electrons. The lowest BCUT2D eigenvalue weighted by Gasteiger charge is -2.36. The van der Waals surface area contributed by atoms with Crippen LogP contribution in [-0.2, 0) is 4.79 Å². The van der Waals surface area contributed by atoms with E-state index in [0.29, 0.717) is 5.02 Å². The number of carbonyl (C=O) groups is 1. The Balaban J connectivity index is 1.53. The number of anilines is 2. The van der Waals surface area contributed by atoms with Gasteiger partial charge in [-0.2, -0.15) is 0 Å². The fourth-order valence-electron chi connectivity index (χ4n) is 3.09. The van der Waals surface area contributed by atoms with E-state index < -0.39 is 0 Å². The predicted molar refractivity (Wildman–Crippen MR) is 98.9 cm³/mol. The molecule has 2 N–H and O–H groups in total. The lowest BCUT2D eigenvalue weighted by molar-refractivity contribution is -0.914. The molecule has 3 rings (SSSR count). The van der Waals surface area contributed by atoms with E-state index in [0.717, 1.165) is 31.9 Å². The molecule has 0 unspecified atom stereocenters. The number of nitrogens with one attached hydrogen (secondary N) is 2. The van der Waals surface area contributed by atoms with Crippen molar-refractivity contribution >= 4 is 28.9 Å². The molecule has 1 fully saturated rings. The number of amides is 1. The Labute approximate surface area is 148 Å². The molecule has 0 aromatic heterocycles. The normalized spacial score (nSPS) is 16.7. The van der Waals surface area contributed by atoms with Gasteiger partial charge in [0.15, 0.2) is 6.04 Å². The highest BCUT2D eigenvalue weighted by molar-refractivity contribution is 6.30. The van der Waals surface area contributed by atoms with E-state index in [2.05, 4.69) is 34.5 Å². The zero-order chi connectivity index (χ0) is 16.9. The van der Waals surface area contributed by atoms with Crippen LogP contribution in [0.15, 0.2) is 54.6 Å². The van der Waals surface area contributed by atoms with Crippen molar-refractivity contribution in [1.82, 2.24) is 0 Å². The van der Waals surface area contributed by atoms with Crippen LogP contribution in [-0.4, -0.2) is 38.1 Å². The molecule has 1 aliphatic rings. The van der Waals surface area contributed by atoms with Crippen LogP contribution < -0.4 is 15.1 Å². The average molecular weight is 345 g/mol. The quantitative estimate of drug-likeness (QED) is 0.891. The molecule has 0 spiro atoms. The summed E-state index contributed by atoms with van der Waals surface area (Å²) < 4.78 is 0. The van der Waals surface area contributed by atoms with Crippen LogP contribution in [0.4, 0.5) is 11.4 Å². The highest BCUT2D eigenvalue weighted by Gasteiger charge is 2.29. The largest absolute Gasteiger partial charge is 0.360 e. The van der Waals surface area contributed by atoms with Gasteiger partial charge in [0.25, 0.3) is 5.91 Å². The maximum atomic E-state index is 12.5. The Morgan fingerprint density at radius 3 is 2.33 bits per heavy atom. The fraction of sp³-hybridized carbons (Fsp3) is 0.316. The van der Waals surface area contributed by atoms with Crippen LogP contribution >= 0.6 is 11.6 Å². The SMILES string of the molecule is C[C@H](C(=O)Nc1ccc(Cl)cc1)[NH+]1CCN(c2ccccc2)CC1. The van der Waals surface area contributed by atoms with E-state index >= 15 is 0 Å². The number of halogens is 1. The molecular weight excluding hydrogens is 322 g/mol. The molecule has 0 aliphatic carbocycles. The van der Waals surface area contributed by atoms with Gasteiger partial charge in [-0.3, -0.25) is 4.79 Å². The summed E-state index contributed by atoms with van der Waals surface area (Å²) in [7, 11) is 0. The van der Waals surface area contributed by atoms with Gasteiger partial charge in [0.1, 0.15) is 0 Å². The number of carbonyl (C=O) groups excluding carboxylic acids is 1. The minimum absolute atomic E-state index is 0.0560. The second-order valence-corrected chi connectivity index (χ2v) is 6.64. The molecule has 0 bridgehead atoms. The maximum Gasteiger partial charge on any atom is 0.282 e. The molecule has 0 radical (unpaired) electrons. The Morgan fingerprint density at radius 1 is 1.08 bits per heavy atom. The second-order valence-electron chi connectivity index (χ2n) is 6.20. The van der Waals surface area contributed by atoms with E-state index in [9.17, 15) is 4.79 Å². The van der Waals surface area contributed by atoms with Crippen LogP contribution in [0.3, 0.4) is 0 Å². The molecule has 0 saturated carbocycles. The second kappa shape index (κ2) is 7.69. The van der Waals surface area contributed by atoms with E-state index in [1.54, 1.807) is 12.1 Å². The fourth-order valence-corrected chi connectivity index (χ4v) is 3.22. The van der Waals surface area contributed by atoms with E-state index in [1.165, 1.54) is 10.6 Å². The topological polar surface area (TPSA) is 36.8 Å². The maximum absolute atomic E-state index is 12.5. The molecule has 5 heteroatoms. The minimum atomic E-state index is -0.0707. The molecule has 24 heavy (non-hydrogen) atoms. The van der Waals surface area contributed by atoms with Crippen LogP contribution in [0.25, 0.3) is 0 Å². The van der Waals surface area contributed by atoms with Crippen molar-refractivity contribution in [2.24, 2.45) is 0 Å². The number of quaternary nitrogens is 1. The highest BCUT2D eigenvalue weighted by Crippen LogP contribution is 2.14. The number of rotatable bonds is 4. The summed E-state index contributed by atoms with van der Waals surface area (Å²) in [5.74, 6) is 0.0560. The molecule has 1 atom stereocenters. The number of hydrogen-bond acceptors (Lipinski definition) is 2. The Kier molecular flexibility index (Phi) is 5.38. The van der Waals surface area contributed by atoms with Crippen molar-refractivity contribution in [1.29, 1.82) is 0 Å². The van der Waals surface area contributed by atoms with Crippen LogP contribution in [0.5, 0.6) is 0 Å². The summed E-state index contributed by atoms with van der Waals surface area (Å²) in [6.07, 6.45) is 0. The molecule has 2 aromatic carbocycles. The Hall–Kier alpha value is -2.04. The number of nitrogens with zero attached hydrogens (tertiary/aromatic N) is 1. The van der Waals surface area contributed by atoms with Crippen molar-refractivity contribution in [2.45, 2.75) is 13.0 Å². The predicted octanol–water partition coefficient (Wildman–Crippen LogP) is 2.07. The molecule has 1 heterocycles. The Morgan fingerprint density at radius 2 is 1.71 bits per heavy atom. The van der Waals surface area contributed by atoms with Crippen molar-refractivity contribution < 1.29 is 9.69 Å². The summed E-state index contributed by atoms with van der Waals surface area (Å²) in [6, 6.07) is 17.6. The zero-order valence-electron chi connectivity index (χ0n) is 13.8. The van der Waals surface area contributed by atoms with Crippen LogP contribution in [0, 0.1) is 0 Å². The average Bonchev–Trinajstić information content (AvgIpc) is 2.64. The Bertz CT molecular complexity index is 667. The first kappa shape index (κ1) is 16.8. The highest BCUT2D eigenvalue weighted by atomic mass is 35.5. The molecule has 4 nitrogen and oxygen atoms in total. The van der Waals surface area contributed by atoms with E-state index in [1.807, 2.05) is 25.1 Å². The smallest absolute Gasteiger partial charge is 0.282 e. The molecule has 1 amide bonds.